The van der Waals surface area contributed by atoms with Gasteiger partial charge in [0.1, 0.15) is 11.6 Å². The Bertz CT molecular complexity index is 559. The second-order valence-electron chi connectivity index (χ2n) is 3.66. The standard InChI is InChI=1S/C10H11F2NO4S/c1-6(13-18(16,17)5-10(14)15)8-3-2-7(11)4-9(8)12/h2-4,6,13H,5H2,1H3,(H,14,15). The average molecular weight is 279 g/mol. The minimum Gasteiger partial charge on any atom is -0.480 e. The van der Waals surface area contributed by atoms with Crippen LogP contribution in [0.25, 0.3) is 0 Å². The topological polar surface area (TPSA) is 83.5 Å². The molecule has 0 saturated carbocycles. The molecule has 1 unspecified atom stereocenters. The molecular formula is C10H11F2NO4S. The van der Waals surface area contributed by atoms with Crippen LogP contribution in [0.15, 0.2) is 18.2 Å². The molecule has 1 atom stereocenters. The number of sulfonamides is 1. The Kier molecular flexibility index (Phi) is 4.36. The number of carbonyl (C=O) groups is 1. The molecule has 8 heteroatoms. The summed E-state index contributed by atoms with van der Waals surface area (Å²) in [5.41, 5.74) is -0.0645. The molecule has 0 saturated heterocycles. The fourth-order valence-corrected chi connectivity index (χ4v) is 2.46. The van der Waals surface area contributed by atoms with Crippen LogP contribution in [0.3, 0.4) is 0 Å². The molecule has 5 nitrogen and oxygen atoms in total. The number of benzene rings is 1. The third kappa shape index (κ3) is 4.04. The molecule has 0 radical (unpaired) electrons. The summed E-state index contributed by atoms with van der Waals surface area (Å²) in [6.07, 6.45) is 0. The largest absolute Gasteiger partial charge is 0.480 e. The van der Waals surface area contributed by atoms with Crippen molar-refractivity contribution in [3.63, 3.8) is 0 Å². The summed E-state index contributed by atoms with van der Waals surface area (Å²) in [4.78, 5) is 10.3. The molecule has 0 bridgehead atoms. The Morgan fingerprint density at radius 2 is 2.06 bits per heavy atom. The highest BCUT2D eigenvalue weighted by atomic mass is 32.2. The van der Waals surface area contributed by atoms with Crippen LogP contribution in [-0.2, 0) is 14.8 Å². The molecule has 0 spiro atoms. The summed E-state index contributed by atoms with van der Waals surface area (Å²) in [6, 6.07) is 1.71. The van der Waals surface area contributed by atoms with E-state index in [9.17, 15) is 22.0 Å². The lowest BCUT2D eigenvalue weighted by molar-refractivity contribution is -0.134. The lowest BCUT2D eigenvalue weighted by atomic mass is 10.1. The smallest absolute Gasteiger partial charge is 0.320 e. The zero-order valence-corrected chi connectivity index (χ0v) is 10.2. The van der Waals surface area contributed by atoms with Gasteiger partial charge in [0.15, 0.2) is 5.75 Å². The van der Waals surface area contributed by atoms with Crippen molar-refractivity contribution in [3.8, 4) is 0 Å². The highest BCUT2D eigenvalue weighted by Gasteiger charge is 2.21. The molecule has 1 aromatic carbocycles. The molecule has 0 amide bonds. The normalized spacial score (nSPS) is 13.3. The Balaban J connectivity index is 2.89. The Morgan fingerprint density at radius 1 is 1.44 bits per heavy atom. The molecule has 0 aliphatic rings. The van der Waals surface area contributed by atoms with Crippen molar-refractivity contribution in [2.75, 3.05) is 5.75 Å². The van der Waals surface area contributed by atoms with E-state index in [2.05, 4.69) is 0 Å². The fourth-order valence-electron chi connectivity index (χ4n) is 1.39. The number of nitrogens with one attached hydrogen (secondary N) is 1. The van der Waals surface area contributed by atoms with Crippen LogP contribution >= 0.6 is 0 Å². The Morgan fingerprint density at radius 3 is 2.56 bits per heavy atom. The van der Waals surface area contributed by atoms with Crippen LogP contribution in [0.2, 0.25) is 0 Å². The number of aliphatic carboxylic acids is 1. The minimum absolute atomic E-state index is 0.0645. The lowest BCUT2D eigenvalue weighted by Gasteiger charge is -2.14. The maximum atomic E-state index is 13.3. The molecule has 100 valence electrons. The maximum absolute atomic E-state index is 13.3. The average Bonchev–Trinajstić information content (AvgIpc) is 2.13. The summed E-state index contributed by atoms with van der Waals surface area (Å²) in [5, 5.41) is 8.38. The predicted octanol–water partition coefficient (Wildman–Crippen LogP) is 1.03. The predicted molar refractivity (Wildman–Crippen MR) is 59.3 cm³/mol. The minimum atomic E-state index is -4.07. The van der Waals surface area contributed by atoms with Crippen molar-refractivity contribution in [2.45, 2.75) is 13.0 Å². The first-order valence-electron chi connectivity index (χ1n) is 4.88. The van der Waals surface area contributed by atoms with E-state index >= 15 is 0 Å². The summed E-state index contributed by atoms with van der Waals surface area (Å²) >= 11 is 0. The van der Waals surface area contributed by atoms with Crippen molar-refractivity contribution in [1.82, 2.24) is 4.72 Å². The summed E-state index contributed by atoms with van der Waals surface area (Å²) in [7, 11) is -4.07. The summed E-state index contributed by atoms with van der Waals surface area (Å²) in [6.45, 7) is 1.33. The van der Waals surface area contributed by atoms with Crippen LogP contribution < -0.4 is 4.72 Å². The third-order valence-corrected chi connectivity index (χ3v) is 3.44. The second kappa shape index (κ2) is 5.40. The quantitative estimate of drug-likeness (QED) is 0.843. The first-order valence-corrected chi connectivity index (χ1v) is 6.53. The number of hydrogen-bond acceptors (Lipinski definition) is 3. The van der Waals surface area contributed by atoms with Gasteiger partial charge in [-0.25, -0.2) is 21.9 Å². The van der Waals surface area contributed by atoms with E-state index in [1.807, 2.05) is 4.72 Å². The SMILES string of the molecule is CC(NS(=O)(=O)CC(=O)O)c1ccc(F)cc1F. The van der Waals surface area contributed by atoms with E-state index in [-0.39, 0.29) is 5.56 Å². The molecule has 0 aliphatic heterocycles. The van der Waals surface area contributed by atoms with Crippen molar-refractivity contribution >= 4 is 16.0 Å². The number of carboxylic acid groups (broad SMARTS) is 1. The van der Waals surface area contributed by atoms with Crippen LogP contribution in [0.1, 0.15) is 18.5 Å². The first kappa shape index (κ1) is 14.5. The van der Waals surface area contributed by atoms with Crippen molar-refractivity contribution in [3.05, 3.63) is 35.4 Å². The van der Waals surface area contributed by atoms with Gasteiger partial charge in [-0.05, 0) is 13.0 Å². The van der Waals surface area contributed by atoms with Gasteiger partial charge in [-0.15, -0.1) is 0 Å². The van der Waals surface area contributed by atoms with Crippen molar-refractivity contribution in [1.29, 1.82) is 0 Å². The van der Waals surface area contributed by atoms with E-state index in [4.69, 9.17) is 5.11 Å². The van der Waals surface area contributed by atoms with Crippen molar-refractivity contribution < 1.29 is 27.1 Å². The second-order valence-corrected chi connectivity index (χ2v) is 5.41. The maximum Gasteiger partial charge on any atom is 0.320 e. The molecule has 18 heavy (non-hydrogen) atoms. The van der Waals surface area contributed by atoms with Crippen molar-refractivity contribution in [2.24, 2.45) is 0 Å². The summed E-state index contributed by atoms with van der Waals surface area (Å²) in [5.74, 6) is -4.31. The van der Waals surface area contributed by atoms with Gasteiger partial charge in [0, 0.05) is 17.7 Å². The van der Waals surface area contributed by atoms with Gasteiger partial charge >= 0.3 is 5.97 Å². The molecule has 0 fully saturated rings. The van der Waals surface area contributed by atoms with E-state index in [0.29, 0.717) is 6.07 Å². The highest BCUT2D eigenvalue weighted by Crippen LogP contribution is 2.18. The summed E-state index contributed by atoms with van der Waals surface area (Å²) < 4.78 is 50.6. The third-order valence-electron chi connectivity index (χ3n) is 2.10. The molecule has 0 aromatic heterocycles. The Hall–Kier alpha value is -1.54. The number of hydrogen-bond donors (Lipinski definition) is 2. The van der Waals surface area contributed by atoms with Gasteiger partial charge in [-0.2, -0.15) is 0 Å². The zero-order valence-electron chi connectivity index (χ0n) is 9.35. The first-order chi connectivity index (χ1) is 8.21. The zero-order chi connectivity index (χ0) is 13.9. The molecule has 1 rings (SSSR count). The van der Waals surface area contributed by atoms with Gasteiger partial charge in [-0.3, -0.25) is 4.79 Å². The van der Waals surface area contributed by atoms with E-state index in [1.165, 1.54) is 6.92 Å². The van der Waals surface area contributed by atoms with Gasteiger partial charge in [0.05, 0.1) is 0 Å². The number of carboxylic acids is 1. The number of halogens is 2. The van der Waals surface area contributed by atoms with Gasteiger partial charge in [0.25, 0.3) is 0 Å². The van der Waals surface area contributed by atoms with Crippen LogP contribution in [0.4, 0.5) is 8.78 Å². The van der Waals surface area contributed by atoms with Gasteiger partial charge < -0.3 is 5.11 Å². The van der Waals surface area contributed by atoms with Gasteiger partial charge in [-0.1, -0.05) is 6.07 Å². The molecule has 0 aliphatic carbocycles. The van der Waals surface area contributed by atoms with Crippen LogP contribution in [0.5, 0.6) is 0 Å². The highest BCUT2D eigenvalue weighted by molar-refractivity contribution is 7.90. The molecule has 1 aromatic rings. The monoisotopic (exact) mass is 279 g/mol. The molecular weight excluding hydrogens is 268 g/mol. The van der Waals surface area contributed by atoms with E-state index in [1.54, 1.807) is 0 Å². The van der Waals surface area contributed by atoms with E-state index in [0.717, 1.165) is 12.1 Å². The fraction of sp³-hybridized carbons (Fsp3) is 0.300. The Labute approximate surface area is 102 Å². The number of rotatable bonds is 5. The van der Waals surface area contributed by atoms with Gasteiger partial charge in [0.2, 0.25) is 10.0 Å². The van der Waals surface area contributed by atoms with E-state index < -0.39 is 39.4 Å². The lowest BCUT2D eigenvalue weighted by Crippen LogP contribution is -2.32. The molecule has 2 N–H and O–H groups in total. The van der Waals surface area contributed by atoms with Crippen LogP contribution in [-0.4, -0.2) is 25.2 Å². The van der Waals surface area contributed by atoms with Crippen LogP contribution in [0, 0.1) is 11.6 Å². The molecule has 0 heterocycles.